The van der Waals surface area contributed by atoms with E-state index in [2.05, 4.69) is 29.4 Å². The average Bonchev–Trinajstić information content (AvgIpc) is 2.57. The van der Waals surface area contributed by atoms with Crippen LogP contribution in [0.3, 0.4) is 0 Å². The van der Waals surface area contributed by atoms with E-state index >= 15 is 0 Å². The van der Waals surface area contributed by atoms with Crippen LogP contribution < -0.4 is 16.8 Å². The highest BCUT2D eigenvalue weighted by atomic mass is 16.5. The third kappa shape index (κ3) is 9.46. The quantitative estimate of drug-likeness (QED) is 0.259. The fourth-order valence-corrected chi connectivity index (χ4v) is 1.86. The molecule has 0 aliphatic rings. The zero-order chi connectivity index (χ0) is 18.7. The van der Waals surface area contributed by atoms with Crippen LogP contribution in [-0.2, 0) is 16.1 Å². The van der Waals surface area contributed by atoms with Gasteiger partial charge in [0, 0.05) is 25.1 Å². The molecule has 1 rings (SSSR count). The van der Waals surface area contributed by atoms with Crippen molar-refractivity contribution in [2.24, 2.45) is 27.6 Å². The molecular formula is C18H29N5O2. The first-order valence-corrected chi connectivity index (χ1v) is 8.45. The van der Waals surface area contributed by atoms with E-state index in [1.165, 1.54) is 0 Å². The van der Waals surface area contributed by atoms with Gasteiger partial charge in [-0.25, -0.2) is 0 Å². The molecule has 1 aromatic carbocycles. The standard InChI is InChI=1S/C18H29N5O2/c1-13(2)8-10-25-11-9-17(24)21-12-15-4-6-16(7-5-15)18(20)23-22-14(3)19/h4-7,13H,8-12H2,1-3H3,(H2,19,22)(H2,20,23)(H,21,24). The van der Waals surface area contributed by atoms with Gasteiger partial charge in [-0.1, -0.05) is 38.1 Å². The Morgan fingerprint density at radius 2 is 1.84 bits per heavy atom. The minimum Gasteiger partial charge on any atom is -0.386 e. The zero-order valence-electron chi connectivity index (χ0n) is 15.3. The van der Waals surface area contributed by atoms with Crippen molar-refractivity contribution in [3.8, 4) is 0 Å². The number of benzene rings is 1. The van der Waals surface area contributed by atoms with Crippen molar-refractivity contribution in [3.63, 3.8) is 0 Å². The molecular weight excluding hydrogens is 318 g/mol. The van der Waals surface area contributed by atoms with Gasteiger partial charge >= 0.3 is 0 Å². The topological polar surface area (TPSA) is 115 Å². The van der Waals surface area contributed by atoms with Crippen LogP contribution >= 0.6 is 0 Å². The summed E-state index contributed by atoms with van der Waals surface area (Å²) in [4.78, 5) is 11.8. The molecule has 0 spiro atoms. The third-order valence-corrected chi connectivity index (χ3v) is 3.37. The van der Waals surface area contributed by atoms with Gasteiger partial charge in [-0.15, -0.1) is 10.2 Å². The van der Waals surface area contributed by atoms with Gasteiger partial charge in [0.25, 0.3) is 0 Å². The first-order valence-electron chi connectivity index (χ1n) is 8.45. The predicted molar refractivity (Wildman–Crippen MR) is 101 cm³/mol. The van der Waals surface area contributed by atoms with Crippen LogP contribution in [0.1, 0.15) is 44.7 Å². The van der Waals surface area contributed by atoms with Gasteiger partial charge in [0.2, 0.25) is 5.91 Å². The van der Waals surface area contributed by atoms with Gasteiger partial charge in [-0.3, -0.25) is 4.79 Å². The van der Waals surface area contributed by atoms with E-state index in [1.54, 1.807) is 6.92 Å². The van der Waals surface area contributed by atoms with Crippen LogP contribution in [0.5, 0.6) is 0 Å². The predicted octanol–water partition coefficient (Wildman–Crippen LogP) is 1.75. The van der Waals surface area contributed by atoms with Crippen LogP contribution in [0.4, 0.5) is 0 Å². The summed E-state index contributed by atoms with van der Waals surface area (Å²) < 4.78 is 5.44. The monoisotopic (exact) mass is 347 g/mol. The average molecular weight is 347 g/mol. The molecule has 0 saturated carbocycles. The molecule has 1 amide bonds. The lowest BCUT2D eigenvalue weighted by atomic mass is 10.1. The smallest absolute Gasteiger partial charge is 0.222 e. The maximum Gasteiger partial charge on any atom is 0.222 e. The Morgan fingerprint density at radius 3 is 2.44 bits per heavy atom. The highest BCUT2D eigenvalue weighted by molar-refractivity contribution is 5.97. The van der Waals surface area contributed by atoms with Crippen molar-refractivity contribution in [1.29, 1.82) is 0 Å². The number of nitrogens with zero attached hydrogens (tertiary/aromatic N) is 2. The zero-order valence-corrected chi connectivity index (χ0v) is 15.3. The summed E-state index contributed by atoms with van der Waals surface area (Å²) in [5.74, 6) is 1.22. The second-order valence-electron chi connectivity index (χ2n) is 6.25. The molecule has 7 heteroatoms. The Kier molecular flexibility index (Phi) is 9.24. The molecule has 0 radical (unpaired) electrons. The lowest BCUT2D eigenvalue weighted by Crippen LogP contribution is -2.24. The largest absolute Gasteiger partial charge is 0.386 e. The lowest BCUT2D eigenvalue weighted by molar-refractivity contribution is -0.122. The summed E-state index contributed by atoms with van der Waals surface area (Å²) in [6.07, 6.45) is 1.38. The second kappa shape index (κ2) is 11.2. The van der Waals surface area contributed by atoms with Crippen LogP contribution in [0, 0.1) is 5.92 Å². The number of amides is 1. The lowest BCUT2D eigenvalue weighted by Gasteiger charge is -2.08. The first kappa shape index (κ1) is 20.6. The van der Waals surface area contributed by atoms with Crippen LogP contribution in [-0.4, -0.2) is 30.8 Å². The molecule has 5 N–H and O–H groups in total. The van der Waals surface area contributed by atoms with Gasteiger partial charge in [0.1, 0.15) is 5.84 Å². The normalized spacial score (nSPS) is 12.5. The molecule has 7 nitrogen and oxygen atoms in total. The van der Waals surface area contributed by atoms with E-state index in [1.807, 2.05) is 24.3 Å². The van der Waals surface area contributed by atoms with Gasteiger partial charge < -0.3 is 21.5 Å². The Balaban J connectivity index is 2.34. The number of rotatable bonds is 10. The Hall–Kier alpha value is -2.41. The van der Waals surface area contributed by atoms with Crippen molar-refractivity contribution in [2.75, 3.05) is 13.2 Å². The number of nitrogens with two attached hydrogens (primary N) is 2. The van der Waals surface area contributed by atoms with Crippen molar-refractivity contribution >= 4 is 17.6 Å². The number of carbonyl (C=O) groups is 1. The molecule has 138 valence electrons. The molecule has 25 heavy (non-hydrogen) atoms. The Morgan fingerprint density at radius 1 is 1.16 bits per heavy atom. The molecule has 0 aromatic heterocycles. The van der Waals surface area contributed by atoms with Gasteiger partial charge in [0.05, 0.1) is 6.61 Å². The molecule has 0 fully saturated rings. The first-order chi connectivity index (χ1) is 11.9. The summed E-state index contributed by atoms with van der Waals surface area (Å²) in [7, 11) is 0. The van der Waals surface area contributed by atoms with E-state index in [-0.39, 0.29) is 5.91 Å². The molecule has 0 unspecified atom stereocenters. The van der Waals surface area contributed by atoms with E-state index in [0.717, 1.165) is 17.5 Å². The van der Waals surface area contributed by atoms with Crippen molar-refractivity contribution in [3.05, 3.63) is 35.4 Å². The summed E-state index contributed by atoms with van der Waals surface area (Å²) in [6, 6.07) is 7.43. The summed E-state index contributed by atoms with van der Waals surface area (Å²) in [5, 5.41) is 10.4. The van der Waals surface area contributed by atoms with Crippen molar-refractivity contribution in [1.82, 2.24) is 5.32 Å². The molecule has 0 bridgehead atoms. The molecule has 0 aliphatic heterocycles. The number of hydrogen-bond donors (Lipinski definition) is 3. The number of nitrogens with one attached hydrogen (secondary N) is 1. The van der Waals surface area contributed by atoms with Crippen LogP contribution in [0.2, 0.25) is 0 Å². The maximum absolute atomic E-state index is 11.8. The number of carbonyl (C=O) groups excluding carboxylic acids is 1. The van der Waals surface area contributed by atoms with Gasteiger partial charge in [0.15, 0.2) is 5.84 Å². The highest BCUT2D eigenvalue weighted by Gasteiger charge is 2.03. The molecule has 1 aromatic rings. The van der Waals surface area contributed by atoms with E-state index in [4.69, 9.17) is 16.2 Å². The van der Waals surface area contributed by atoms with Crippen molar-refractivity contribution < 1.29 is 9.53 Å². The van der Waals surface area contributed by atoms with E-state index < -0.39 is 0 Å². The molecule has 0 heterocycles. The molecule has 0 atom stereocenters. The Labute approximate surface area is 149 Å². The van der Waals surface area contributed by atoms with E-state index in [0.29, 0.717) is 43.8 Å². The van der Waals surface area contributed by atoms with Crippen LogP contribution in [0.15, 0.2) is 34.5 Å². The van der Waals surface area contributed by atoms with Crippen LogP contribution in [0.25, 0.3) is 0 Å². The van der Waals surface area contributed by atoms with Crippen molar-refractivity contribution in [2.45, 2.75) is 40.2 Å². The van der Waals surface area contributed by atoms with E-state index in [9.17, 15) is 4.79 Å². The second-order valence-corrected chi connectivity index (χ2v) is 6.25. The number of amidine groups is 2. The summed E-state index contributed by atoms with van der Waals surface area (Å²) >= 11 is 0. The molecule has 0 saturated heterocycles. The Bertz CT molecular complexity index is 590. The van der Waals surface area contributed by atoms with Gasteiger partial charge in [-0.05, 0) is 24.8 Å². The fourth-order valence-electron chi connectivity index (χ4n) is 1.86. The minimum absolute atomic E-state index is 0.0255. The minimum atomic E-state index is -0.0255. The third-order valence-electron chi connectivity index (χ3n) is 3.37. The molecule has 0 aliphatic carbocycles. The SMILES string of the molecule is C/C(N)=N/N=C(\N)c1ccc(CNC(=O)CCOCCC(C)C)cc1. The number of hydrogen-bond acceptors (Lipinski definition) is 4. The maximum atomic E-state index is 11.8. The highest BCUT2D eigenvalue weighted by Crippen LogP contribution is 2.05. The number of ether oxygens (including phenoxy) is 1. The summed E-state index contributed by atoms with van der Waals surface area (Å²) in [6.45, 7) is 7.54. The fraction of sp³-hybridized carbons (Fsp3) is 0.500. The van der Waals surface area contributed by atoms with Gasteiger partial charge in [-0.2, -0.15) is 0 Å². The summed E-state index contributed by atoms with van der Waals surface area (Å²) in [5.41, 5.74) is 13.0.